The Balaban J connectivity index is 2.06. The van der Waals surface area contributed by atoms with Crippen LogP contribution >= 0.6 is 11.6 Å². The number of benzene rings is 1. The van der Waals surface area contributed by atoms with Crippen LogP contribution in [0.2, 0.25) is 5.02 Å². The Kier molecular flexibility index (Phi) is 4.46. The lowest BCUT2D eigenvalue weighted by Crippen LogP contribution is -2.48. The molecule has 0 aliphatic carbocycles. The maximum absolute atomic E-state index is 12.1. The molecule has 0 aromatic heterocycles. The van der Waals surface area contributed by atoms with Gasteiger partial charge in [0.15, 0.2) is 0 Å². The zero-order valence-electron chi connectivity index (χ0n) is 11.1. The number of nitrogens with zero attached hydrogens (tertiary/aromatic N) is 2. The van der Waals surface area contributed by atoms with E-state index in [1.807, 2.05) is 7.05 Å². The number of carbonyl (C=O) groups excluding carboxylic acids is 1. The van der Waals surface area contributed by atoms with E-state index in [2.05, 4.69) is 10.2 Å². The quantitative estimate of drug-likeness (QED) is 0.873. The minimum absolute atomic E-state index is 0.0474. The summed E-state index contributed by atoms with van der Waals surface area (Å²) < 4.78 is 0. The van der Waals surface area contributed by atoms with Gasteiger partial charge in [-0.1, -0.05) is 11.6 Å². The van der Waals surface area contributed by atoms with Crippen LogP contribution in [0.1, 0.15) is 10.4 Å². The van der Waals surface area contributed by atoms with Gasteiger partial charge in [-0.3, -0.25) is 0 Å². The van der Waals surface area contributed by atoms with Crippen molar-refractivity contribution >= 4 is 29.3 Å². The highest BCUT2D eigenvalue weighted by atomic mass is 35.5. The fourth-order valence-corrected chi connectivity index (χ4v) is 2.23. The van der Waals surface area contributed by atoms with Crippen LogP contribution in [-0.4, -0.2) is 60.1 Å². The van der Waals surface area contributed by atoms with Gasteiger partial charge in [0.05, 0.1) is 5.56 Å². The van der Waals surface area contributed by atoms with Crippen molar-refractivity contribution in [3.05, 3.63) is 28.8 Å². The number of aromatic carboxylic acids is 1. The Bertz CT molecular complexity index is 528. The number of carboxylic acids is 1. The van der Waals surface area contributed by atoms with Crippen molar-refractivity contribution in [2.45, 2.75) is 0 Å². The van der Waals surface area contributed by atoms with Crippen molar-refractivity contribution in [1.82, 2.24) is 9.80 Å². The Morgan fingerprint density at radius 2 is 1.85 bits per heavy atom. The second-order valence-corrected chi connectivity index (χ2v) is 5.19. The molecule has 2 N–H and O–H groups in total. The van der Waals surface area contributed by atoms with Gasteiger partial charge in [-0.25, -0.2) is 9.59 Å². The molecule has 108 valence electrons. The molecule has 1 aliphatic heterocycles. The summed E-state index contributed by atoms with van der Waals surface area (Å²) >= 11 is 5.85. The van der Waals surface area contributed by atoms with Gasteiger partial charge < -0.3 is 20.2 Å². The molecule has 0 atom stereocenters. The summed E-state index contributed by atoms with van der Waals surface area (Å²) in [4.78, 5) is 26.9. The average molecular weight is 298 g/mol. The second-order valence-electron chi connectivity index (χ2n) is 4.75. The molecule has 1 saturated heterocycles. The first-order valence-corrected chi connectivity index (χ1v) is 6.62. The highest BCUT2D eigenvalue weighted by Gasteiger charge is 2.19. The maximum atomic E-state index is 12.1. The van der Waals surface area contributed by atoms with Crippen LogP contribution in [0.3, 0.4) is 0 Å². The number of likely N-dealkylation sites (N-methyl/N-ethyl adjacent to an activating group) is 1. The second kappa shape index (κ2) is 6.11. The largest absolute Gasteiger partial charge is 0.478 e. The molecule has 0 unspecified atom stereocenters. The summed E-state index contributed by atoms with van der Waals surface area (Å²) in [7, 11) is 2.01. The Morgan fingerprint density at radius 3 is 2.45 bits per heavy atom. The number of halogens is 1. The van der Waals surface area contributed by atoms with Crippen LogP contribution in [0.4, 0.5) is 10.5 Å². The van der Waals surface area contributed by atoms with E-state index < -0.39 is 5.97 Å². The number of urea groups is 1. The average Bonchev–Trinajstić information content (AvgIpc) is 2.38. The molecular weight excluding hydrogens is 282 g/mol. The number of nitrogens with one attached hydrogen (secondary N) is 1. The van der Waals surface area contributed by atoms with Crippen LogP contribution in [-0.2, 0) is 0 Å². The molecule has 1 aliphatic rings. The van der Waals surface area contributed by atoms with Crippen molar-refractivity contribution in [1.29, 1.82) is 0 Å². The van der Waals surface area contributed by atoms with Gasteiger partial charge in [-0.05, 0) is 25.2 Å². The molecular formula is C13H16ClN3O3. The summed E-state index contributed by atoms with van der Waals surface area (Å²) in [6.07, 6.45) is 0. The van der Waals surface area contributed by atoms with E-state index in [0.717, 1.165) is 13.1 Å². The molecule has 2 rings (SSSR count). The first-order valence-electron chi connectivity index (χ1n) is 6.24. The van der Waals surface area contributed by atoms with Crippen LogP contribution in [0.5, 0.6) is 0 Å². The van der Waals surface area contributed by atoms with Crippen LogP contribution in [0, 0.1) is 0 Å². The molecule has 1 heterocycles. The van der Waals surface area contributed by atoms with Crippen molar-refractivity contribution in [2.24, 2.45) is 0 Å². The molecule has 0 spiro atoms. The standard InChI is InChI=1S/C13H16ClN3O3/c1-16-2-4-17(5-3-16)13(20)15-11-7-9(12(18)19)6-10(14)8-11/h6-8H,2-5H2,1H3,(H,15,20)(H,18,19). The third-order valence-corrected chi connectivity index (χ3v) is 3.40. The van der Waals surface area contributed by atoms with Gasteiger partial charge >= 0.3 is 12.0 Å². The first-order chi connectivity index (χ1) is 9.45. The number of anilines is 1. The Morgan fingerprint density at radius 1 is 1.20 bits per heavy atom. The highest BCUT2D eigenvalue weighted by molar-refractivity contribution is 6.31. The van der Waals surface area contributed by atoms with E-state index in [-0.39, 0.29) is 16.6 Å². The predicted molar refractivity (Wildman–Crippen MR) is 76.5 cm³/mol. The van der Waals surface area contributed by atoms with Gasteiger partial charge in [-0.15, -0.1) is 0 Å². The van der Waals surface area contributed by atoms with Gasteiger partial charge in [0, 0.05) is 36.9 Å². The third kappa shape index (κ3) is 3.61. The fourth-order valence-electron chi connectivity index (χ4n) is 2.00. The molecule has 0 bridgehead atoms. The van der Waals surface area contributed by atoms with Crippen molar-refractivity contribution in [3.8, 4) is 0 Å². The smallest absolute Gasteiger partial charge is 0.335 e. The molecule has 20 heavy (non-hydrogen) atoms. The summed E-state index contributed by atoms with van der Waals surface area (Å²) in [6, 6.07) is 4.02. The number of piperazine rings is 1. The number of hydrogen-bond donors (Lipinski definition) is 2. The fraction of sp³-hybridized carbons (Fsp3) is 0.385. The Hall–Kier alpha value is -1.79. The van der Waals surface area contributed by atoms with E-state index >= 15 is 0 Å². The van der Waals surface area contributed by atoms with Crippen LogP contribution in [0.25, 0.3) is 0 Å². The molecule has 1 fully saturated rings. The van der Waals surface area contributed by atoms with Gasteiger partial charge in [0.25, 0.3) is 0 Å². The van der Waals surface area contributed by atoms with E-state index in [0.29, 0.717) is 18.8 Å². The summed E-state index contributed by atoms with van der Waals surface area (Å²) in [5, 5.41) is 11.9. The number of hydrogen-bond acceptors (Lipinski definition) is 3. The van der Waals surface area contributed by atoms with Gasteiger partial charge in [0.2, 0.25) is 0 Å². The van der Waals surface area contributed by atoms with Crippen molar-refractivity contribution < 1.29 is 14.7 Å². The molecule has 2 amide bonds. The molecule has 0 saturated carbocycles. The zero-order chi connectivity index (χ0) is 14.7. The number of carbonyl (C=O) groups is 2. The lowest BCUT2D eigenvalue weighted by Gasteiger charge is -2.32. The van der Waals surface area contributed by atoms with Crippen LogP contribution < -0.4 is 5.32 Å². The topological polar surface area (TPSA) is 72.9 Å². The van der Waals surface area contributed by atoms with Crippen LogP contribution in [0.15, 0.2) is 18.2 Å². The van der Waals surface area contributed by atoms with E-state index in [1.54, 1.807) is 4.90 Å². The van der Waals surface area contributed by atoms with Gasteiger partial charge in [0.1, 0.15) is 0 Å². The maximum Gasteiger partial charge on any atom is 0.335 e. The lowest BCUT2D eigenvalue weighted by molar-refractivity contribution is 0.0697. The van der Waals surface area contributed by atoms with E-state index in [4.69, 9.17) is 16.7 Å². The van der Waals surface area contributed by atoms with Gasteiger partial charge in [-0.2, -0.15) is 0 Å². The summed E-state index contributed by atoms with van der Waals surface area (Å²) in [6.45, 7) is 2.94. The van der Waals surface area contributed by atoms with E-state index in [9.17, 15) is 9.59 Å². The number of carboxylic acid groups (broad SMARTS) is 1. The minimum Gasteiger partial charge on any atom is -0.478 e. The Labute approximate surface area is 121 Å². The third-order valence-electron chi connectivity index (χ3n) is 3.19. The highest BCUT2D eigenvalue weighted by Crippen LogP contribution is 2.19. The molecule has 1 aromatic carbocycles. The van der Waals surface area contributed by atoms with E-state index in [1.165, 1.54) is 18.2 Å². The predicted octanol–water partition coefficient (Wildman–Crippen LogP) is 1.82. The monoisotopic (exact) mass is 297 g/mol. The number of rotatable bonds is 2. The van der Waals surface area contributed by atoms with Crippen molar-refractivity contribution in [2.75, 3.05) is 38.5 Å². The SMILES string of the molecule is CN1CCN(C(=O)Nc2cc(Cl)cc(C(=O)O)c2)CC1. The molecule has 0 radical (unpaired) electrons. The normalized spacial score (nSPS) is 16.0. The molecule has 1 aromatic rings. The zero-order valence-corrected chi connectivity index (χ0v) is 11.9. The van der Waals surface area contributed by atoms with Crippen molar-refractivity contribution in [3.63, 3.8) is 0 Å². The number of amides is 2. The minimum atomic E-state index is -1.08. The molecule has 6 nitrogen and oxygen atoms in total. The summed E-state index contributed by atoms with van der Waals surface area (Å²) in [5.74, 6) is -1.08. The lowest BCUT2D eigenvalue weighted by atomic mass is 10.2. The summed E-state index contributed by atoms with van der Waals surface area (Å²) in [5.41, 5.74) is 0.435. The first kappa shape index (κ1) is 14.6. The molecule has 7 heteroatoms.